The van der Waals surface area contributed by atoms with Crippen LogP contribution in [0.4, 0.5) is 4.39 Å². The number of ether oxygens (including phenoxy) is 1. The molecule has 28 heavy (non-hydrogen) atoms. The number of benzene rings is 1. The molecule has 0 bridgehead atoms. The fraction of sp³-hybridized carbons (Fsp3) is 0.476. The van der Waals surface area contributed by atoms with Crippen molar-refractivity contribution in [2.45, 2.75) is 69.5 Å². The van der Waals surface area contributed by atoms with Gasteiger partial charge in [0, 0.05) is 17.0 Å². The third-order valence-corrected chi connectivity index (χ3v) is 5.50. The first-order valence-electron chi connectivity index (χ1n) is 9.45. The van der Waals surface area contributed by atoms with Crippen molar-refractivity contribution < 1.29 is 13.9 Å². The molecule has 1 aromatic carbocycles. The van der Waals surface area contributed by atoms with Gasteiger partial charge in [-0.3, -0.25) is 9.59 Å². The molecule has 0 N–H and O–H groups in total. The van der Waals surface area contributed by atoms with Crippen LogP contribution in [0.5, 0.6) is 0 Å². The zero-order valence-electron chi connectivity index (χ0n) is 16.5. The molecule has 0 fully saturated rings. The lowest BCUT2D eigenvalue weighted by atomic mass is 9.97. The van der Waals surface area contributed by atoms with Crippen molar-refractivity contribution in [2.75, 3.05) is 0 Å². The number of carbonyl (C=O) groups excluding carboxylic acids is 1. The van der Waals surface area contributed by atoms with Crippen LogP contribution in [0.1, 0.15) is 50.4 Å². The summed E-state index contributed by atoms with van der Waals surface area (Å²) in [6.07, 6.45) is 3.30. The van der Waals surface area contributed by atoms with Crippen molar-refractivity contribution in [1.82, 2.24) is 9.55 Å². The molecule has 5 nitrogen and oxygen atoms in total. The first-order chi connectivity index (χ1) is 13.2. The number of hydrogen-bond donors (Lipinski definition) is 0. The van der Waals surface area contributed by atoms with Gasteiger partial charge in [0.2, 0.25) is 0 Å². The van der Waals surface area contributed by atoms with Gasteiger partial charge in [-0.2, -0.15) is 4.98 Å². The van der Waals surface area contributed by atoms with Gasteiger partial charge in [0.1, 0.15) is 18.0 Å². The summed E-state index contributed by atoms with van der Waals surface area (Å²) in [6, 6.07) is 6.52. The third-order valence-electron chi connectivity index (χ3n) is 4.47. The summed E-state index contributed by atoms with van der Waals surface area (Å²) >= 11 is 1.27. The van der Waals surface area contributed by atoms with E-state index in [0.29, 0.717) is 28.5 Å². The summed E-state index contributed by atoms with van der Waals surface area (Å²) in [5.41, 5.74) is 1.23. The van der Waals surface area contributed by atoms with E-state index < -0.39 is 5.60 Å². The van der Waals surface area contributed by atoms with Crippen molar-refractivity contribution in [3.63, 3.8) is 0 Å². The van der Waals surface area contributed by atoms with E-state index in [4.69, 9.17) is 4.74 Å². The second kappa shape index (κ2) is 8.47. The third kappa shape index (κ3) is 5.01. The van der Waals surface area contributed by atoms with Crippen LogP contribution in [0.15, 0.2) is 34.2 Å². The van der Waals surface area contributed by atoms with Crippen LogP contribution in [-0.2, 0) is 34.7 Å². The maximum atomic E-state index is 14.0. The quantitative estimate of drug-likeness (QED) is 0.430. The van der Waals surface area contributed by atoms with Gasteiger partial charge in [-0.05, 0) is 58.1 Å². The highest BCUT2D eigenvalue weighted by atomic mass is 32.2. The Bertz CT molecular complexity index is 934. The highest BCUT2D eigenvalue weighted by Gasteiger charge is 2.24. The molecule has 3 rings (SSSR count). The molecule has 0 spiro atoms. The first-order valence-corrected chi connectivity index (χ1v) is 10.4. The van der Waals surface area contributed by atoms with Gasteiger partial charge in [-0.1, -0.05) is 30.0 Å². The van der Waals surface area contributed by atoms with Gasteiger partial charge in [-0.15, -0.1) is 0 Å². The molecule has 0 radical (unpaired) electrons. The number of thioether (sulfide) groups is 1. The molecule has 7 heteroatoms. The van der Waals surface area contributed by atoms with Crippen molar-refractivity contribution in [3.05, 3.63) is 57.3 Å². The van der Waals surface area contributed by atoms with Gasteiger partial charge in [0.15, 0.2) is 5.16 Å². The molecule has 0 atom stereocenters. The van der Waals surface area contributed by atoms with Gasteiger partial charge >= 0.3 is 5.97 Å². The molecular formula is C21H25FN2O3S. The standard InChI is InChI=1S/C21H25FN2O3S/c1-21(2,3)27-18(25)12-24-17-11-7-5-9-15(17)19(26)23-20(24)28-13-14-8-4-6-10-16(14)22/h4,6,8,10H,5,7,9,11-13H2,1-3H3. The van der Waals surface area contributed by atoms with Gasteiger partial charge in [0.05, 0.1) is 0 Å². The number of esters is 1. The maximum Gasteiger partial charge on any atom is 0.326 e. The van der Waals surface area contributed by atoms with Crippen molar-refractivity contribution in [3.8, 4) is 0 Å². The summed E-state index contributed by atoms with van der Waals surface area (Å²) in [5.74, 6) is -0.348. The summed E-state index contributed by atoms with van der Waals surface area (Å²) in [4.78, 5) is 29.2. The molecule has 1 aromatic heterocycles. The number of fused-ring (bicyclic) bond motifs is 1. The second-order valence-electron chi connectivity index (χ2n) is 7.88. The molecule has 0 amide bonds. The van der Waals surface area contributed by atoms with E-state index in [1.807, 2.05) is 20.8 Å². The Morgan fingerprint density at radius 2 is 1.96 bits per heavy atom. The van der Waals surface area contributed by atoms with Crippen molar-refractivity contribution >= 4 is 17.7 Å². The van der Waals surface area contributed by atoms with E-state index >= 15 is 0 Å². The monoisotopic (exact) mass is 404 g/mol. The minimum Gasteiger partial charge on any atom is -0.459 e. The average Bonchev–Trinajstić information content (AvgIpc) is 2.62. The largest absolute Gasteiger partial charge is 0.459 e. The van der Waals surface area contributed by atoms with E-state index in [-0.39, 0.29) is 23.9 Å². The van der Waals surface area contributed by atoms with E-state index in [1.54, 1.807) is 22.8 Å². The molecular weight excluding hydrogens is 379 g/mol. The summed E-state index contributed by atoms with van der Waals surface area (Å²) in [7, 11) is 0. The molecule has 1 heterocycles. The molecule has 1 aliphatic carbocycles. The van der Waals surface area contributed by atoms with Crippen LogP contribution in [0, 0.1) is 5.82 Å². The SMILES string of the molecule is CC(C)(C)OC(=O)Cn1c(SCc2ccccc2F)nc(=O)c2c1CCCC2. The smallest absolute Gasteiger partial charge is 0.326 e. The Balaban J connectivity index is 1.93. The van der Waals surface area contributed by atoms with Gasteiger partial charge in [-0.25, -0.2) is 4.39 Å². The summed E-state index contributed by atoms with van der Waals surface area (Å²) < 4.78 is 21.2. The minimum absolute atomic E-state index is 0.00745. The molecule has 0 unspecified atom stereocenters. The fourth-order valence-corrected chi connectivity index (χ4v) is 4.28. The molecule has 0 saturated carbocycles. The van der Waals surface area contributed by atoms with E-state index in [0.717, 1.165) is 25.0 Å². The number of nitrogens with zero attached hydrogens (tertiary/aromatic N) is 2. The second-order valence-corrected chi connectivity index (χ2v) is 8.83. The first kappa shape index (κ1) is 20.6. The predicted octanol–water partition coefficient (Wildman–Crippen LogP) is 3.90. The lowest BCUT2D eigenvalue weighted by Crippen LogP contribution is -2.31. The highest BCUT2D eigenvalue weighted by Crippen LogP contribution is 2.27. The molecule has 0 saturated heterocycles. The van der Waals surface area contributed by atoms with Crippen LogP contribution in [0.3, 0.4) is 0 Å². The lowest BCUT2D eigenvalue weighted by Gasteiger charge is -2.25. The van der Waals surface area contributed by atoms with Crippen molar-refractivity contribution in [2.24, 2.45) is 0 Å². The maximum absolute atomic E-state index is 14.0. The molecule has 1 aliphatic rings. The topological polar surface area (TPSA) is 61.2 Å². The number of rotatable bonds is 5. The van der Waals surface area contributed by atoms with E-state index in [9.17, 15) is 14.0 Å². The Morgan fingerprint density at radius 3 is 2.68 bits per heavy atom. The van der Waals surface area contributed by atoms with Crippen LogP contribution >= 0.6 is 11.8 Å². The Morgan fingerprint density at radius 1 is 1.25 bits per heavy atom. The Labute approximate surface area is 168 Å². The number of halogens is 1. The van der Waals surface area contributed by atoms with E-state index in [2.05, 4.69) is 4.98 Å². The van der Waals surface area contributed by atoms with E-state index in [1.165, 1.54) is 17.8 Å². The van der Waals surface area contributed by atoms with Crippen LogP contribution < -0.4 is 5.56 Å². The van der Waals surface area contributed by atoms with Gasteiger partial charge in [0.25, 0.3) is 5.56 Å². The van der Waals surface area contributed by atoms with Crippen LogP contribution in [0.2, 0.25) is 0 Å². The van der Waals surface area contributed by atoms with Crippen LogP contribution in [0.25, 0.3) is 0 Å². The highest BCUT2D eigenvalue weighted by molar-refractivity contribution is 7.98. The molecule has 150 valence electrons. The zero-order valence-corrected chi connectivity index (χ0v) is 17.3. The Kier molecular flexibility index (Phi) is 6.23. The van der Waals surface area contributed by atoms with Crippen molar-refractivity contribution in [1.29, 1.82) is 0 Å². The summed E-state index contributed by atoms with van der Waals surface area (Å²) in [5, 5.41) is 0.430. The summed E-state index contributed by atoms with van der Waals surface area (Å²) in [6.45, 7) is 5.44. The normalized spacial score (nSPS) is 13.9. The lowest BCUT2D eigenvalue weighted by molar-refractivity contribution is -0.155. The van der Waals surface area contributed by atoms with Crippen LogP contribution in [-0.4, -0.2) is 21.1 Å². The zero-order chi connectivity index (χ0) is 20.3. The number of carbonyl (C=O) groups is 1. The molecule has 2 aromatic rings. The molecule has 0 aliphatic heterocycles. The predicted molar refractivity (Wildman–Crippen MR) is 107 cm³/mol. The number of hydrogen-bond acceptors (Lipinski definition) is 5. The average molecular weight is 405 g/mol. The number of aromatic nitrogens is 2. The van der Waals surface area contributed by atoms with Gasteiger partial charge < -0.3 is 9.30 Å². The minimum atomic E-state index is -0.593. The fourth-order valence-electron chi connectivity index (χ4n) is 3.28. The Hall–Kier alpha value is -2.15.